The first-order chi connectivity index (χ1) is 14.9. The number of carbonyl (C=O) groups is 1. The van der Waals surface area contributed by atoms with E-state index in [2.05, 4.69) is 4.98 Å². The summed E-state index contributed by atoms with van der Waals surface area (Å²) in [6, 6.07) is 18.5. The van der Waals surface area contributed by atoms with Crippen molar-refractivity contribution in [2.45, 2.75) is 19.8 Å². The Hall–Kier alpha value is -3.02. The van der Waals surface area contributed by atoms with Crippen LogP contribution in [0.25, 0.3) is 10.9 Å². The number of aromatic amines is 1. The number of aromatic nitrogens is 2. The zero-order chi connectivity index (χ0) is 22.1. The van der Waals surface area contributed by atoms with Crippen molar-refractivity contribution in [3.63, 3.8) is 0 Å². The Labute approximate surface area is 190 Å². The van der Waals surface area contributed by atoms with Crippen LogP contribution in [0.5, 0.6) is 0 Å². The fourth-order valence-corrected chi connectivity index (χ4v) is 4.15. The van der Waals surface area contributed by atoms with Crippen molar-refractivity contribution in [3.8, 4) is 0 Å². The lowest BCUT2D eigenvalue weighted by molar-refractivity contribution is 0.103. The minimum absolute atomic E-state index is 0.0399. The monoisotopic (exact) mass is 448 g/mol. The highest BCUT2D eigenvalue weighted by Crippen LogP contribution is 2.23. The van der Waals surface area contributed by atoms with Gasteiger partial charge in [-0.1, -0.05) is 48.9 Å². The normalized spacial score (nSPS) is 11.1. The number of ketones is 1. The Morgan fingerprint density at radius 3 is 2.23 bits per heavy atom. The van der Waals surface area contributed by atoms with Crippen LogP contribution in [0.2, 0.25) is 5.02 Å². The van der Waals surface area contributed by atoms with E-state index in [-0.39, 0.29) is 11.3 Å². The molecule has 3 aromatic carbocycles. The van der Waals surface area contributed by atoms with Crippen molar-refractivity contribution in [1.29, 1.82) is 0 Å². The summed E-state index contributed by atoms with van der Waals surface area (Å²) in [5.41, 5.74) is 5.09. The van der Waals surface area contributed by atoms with Gasteiger partial charge in [0, 0.05) is 23.2 Å². The van der Waals surface area contributed by atoms with Crippen molar-refractivity contribution >= 4 is 40.5 Å². The van der Waals surface area contributed by atoms with Crippen LogP contribution in [0.4, 0.5) is 0 Å². The standard InChI is InChI=1S/C25H21ClN2O2S/c1-3-20-18(10-13-21-22(20)24(30)28(2)25(31)27-21)14-15-4-6-16(7-5-15)23(29)17-8-11-19(26)12-9-17/h4-13H,3,14H2,1-2H3,(H,27,31). The van der Waals surface area contributed by atoms with Crippen molar-refractivity contribution in [2.24, 2.45) is 7.05 Å². The van der Waals surface area contributed by atoms with Crippen molar-refractivity contribution < 1.29 is 4.79 Å². The quantitative estimate of drug-likeness (QED) is 0.318. The number of halogens is 1. The van der Waals surface area contributed by atoms with Gasteiger partial charge in [-0.05, 0) is 72.1 Å². The first kappa shape index (κ1) is 21.2. The molecule has 156 valence electrons. The molecule has 6 heteroatoms. The molecule has 31 heavy (non-hydrogen) atoms. The van der Waals surface area contributed by atoms with Crippen LogP contribution >= 0.6 is 23.8 Å². The summed E-state index contributed by atoms with van der Waals surface area (Å²) >= 11 is 11.1. The van der Waals surface area contributed by atoms with Gasteiger partial charge in [0.05, 0.1) is 10.9 Å². The van der Waals surface area contributed by atoms with Gasteiger partial charge in [0.2, 0.25) is 0 Å². The lowest BCUT2D eigenvalue weighted by atomic mass is 9.94. The van der Waals surface area contributed by atoms with E-state index in [0.29, 0.717) is 32.7 Å². The zero-order valence-electron chi connectivity index (χ0n) is 17.2. The Kier molecular flexibility index (Phi) is 5.90. The third-order valence-corrected chi connectivity index (χ3v) is 6.17. The van der Waals surface area contributed by atoms with Crippen LogP contribution in [0.15, 0.2) is 65.5 Å². The van der Waals surface area contributed by atoms with Crippen LogP contribution in [-0.4, -0.2) is 15.3 Å². The largest absolute Gasteiger partial charge is 0.332 e. The molecule has 0 saturated heterocycles. The second-order valence-electron chi connectivity index (χ2n) is 7.48. The first-order valence-electron chi connectivity index (χ1n) is 10.0. The maximum atomic E-state index is 12.8. The van der Waals surface area contributed by atoms with E-state index in [9.17, 15) is 9.59 Å². The number of nitrogens with one attached hydrogen (secondary N) is 1. The number of rotatable bonds is 5. The number of benzene rings is 3. The third-order valence-electron chi connectivity index (χ3n) is 5.55. The summed E-state index contributed by atoms with van der Waals surface area (Å²) in [6.45, 7) is 2.05. The number of hydrogen-bond acceptors (Lipinski definition) is 3. The molecule has 4 rings (SSSR count). The summed E-state index contributed by atoms with van der Waals surface area (Å²) in [5.74, 6) is -0.0399. The molecule has 0 atom stereocenters. The SMILES string of the molecule is CCc1c(Cc2ccc(C(=O)c3ccc(Cl)cc3)cc2)ccc2[nH]c(=S)n(C)c(=O)c12. The fraction of sp³-hybridized carbons (Fsp3) is 0.160. The Bertz CT molecular complexity index is 1400. The maximum Gasteiger partial charge on any atom is 0.262 e. The van der Waals surface area contributed by atoms with E-state index in [1.807, 2.05) is 43.3 Å². The molecule has 0 aliphatic heterocycles. The summed E-state index contributed by atoms with van der Waals surface area (Å²) in [4.78, 5) is 28.7. The van der Waals surface area contributed by atoms with E-state index in [1.54, 1.807) is 31.3 Å². The minimum atomic E-state index is -0.0821. The van der Waals surface area contributed by atoms with Gasteiger partial charge >= 0.3 is 0 Å². The van der Waals surface area contributed by atoms with Crippen LogP contribution < -0.4 is 5.56 Å². The summed E-state index contributed by atoms with van der Waals surface area (Å²) < 4.78 is 1.88. The predicted octanol–water partition coefficient (Wildman–Crippen LogP) is 5.63. The lowest BCUT2D eigenvalue weighted by Crippen LogP contribution is -2.20. The van der Waals surface area contributed by atoms with Gasteiger partial charge in [0.25, 0.3) is 5.56 Å². The molecule has 0 bridgehead atoms. The molecule has 0 unspecified atom stereocenters. The van der Waals surface area contributed by atoms with Crippen LogP contribution in [0, 0.1) is 4.77 Å². The van der Waals surface area contributed by atoms with Crippen LogP contribution in [0.3, 0.4) is 0 Å². The van der Waals surface area contributed by atoms with E-state index >= 15 is 0 Å². The number of nitrogens with zero attached hydrogens (tertiary/aromatic N) is 1. The zero-order valence-corrected chi connectivity index (χ0v) is 18.8. The van der Waals surface area contributed by atoms with Crippen molar-refractivity contribution in [3.05, 3.63) is 109 Å². The maximum absolute atomic E-state index is 12.8. The first-order valence-corrected chi connectivity index (χ1v) is 10.8. The highest BCUT2D eigenvalue weighted by molar-refractivity contribution is 7.71. The van der Waals surface area contributed by atoms with Gasteiger partial charge in [0.1, 0.15) is 0 Å². The van der Waals surface area contributed by atoms with Crippen molar-refractivity contribution in [2.75, 3.05) is 0 Å². The van der Waals surface area contributed by atoms with Gasteiger partial charge in [-0.2, -0.15) is 0 Å². The average molecular weight is 449 g/mol. The molecule has 0 amide bonds. The van der Waals surface area contributed by atoms with Crippen LogP contribution in [-0.2, 0) is 19.9 Å². The Morgan fingerprint density at radius 1 is 1.00 bits per heavy atom. The molecule has 1 N–H and O–H groups in total. The molecule has 0 fully saturated rings. The lowest BCUT2D eigenvalue weighted by Gasteiger charge is -2.13. The molecule has 1 heterocycles. The molecule has 0 saturated carbocycles. The molecule has 0 radical (unpaired) electrons. The number of fused-ring (bicyclic) bond motifs is 1. The van der Waals surface area contributed by atoms with E-state index < -0.39 is 0 Å². The average Bonchev–Trinajstić information content (AvgIpc) is 2.78. The Balaban J connectivity index is 1.66. The number of aryl methyl sites for hydroxylation is 1. The highest BCUT2D eigenvalue weighted by Gasteiger charge is 2.13. The van der Waals surface area contributed by atoms with Gasteiger partial charge in [-0.15, -0.1) is 0 Å². The fourth-order valence-electron chi connectivity index (χ4n) is 3.83. The second kappa shape index (κ2) is 8.61. The molecule has 0 aliphatic carbocycles. The highest BCUT2D eigenvalue weighted by atomic mass is 35.5. The molecule has 0 spiro atoms. The molecule has 4 aromatic rings. The summed E-state index contributed by atoms with van der Waals surface area (Å²) in [7, 11) is 1.68. The van der Waals surface area contributed by atoms with Crippen LogP contribution in [0.1, 0.15) is 39.5 Å². The van der Waals surface area contributed by atoms with Gasteiger partial charge in [0.15, 0.2) is 10.6 Å². The summed E-state index contributed by atoms with van der Waals surface area (Å²) in [5, 5.41) is 1.29. The van der Waals surface area contributed by atoms with E-state index in [0.717, 1.165) is 28.6 Å². The molecular weight excluding hydrogens is 428 g/mol. The number of hydrogen-bond donors (Lipinski definition) is 1. The minimum Gasteiger partial charge on any atom is -0.332 e. The molecule has 1 aromatic heterocycles. The number of H-pyrrole nitrogens is 1. The Morgan fingerprint density at radius 2 is 1.61 bits per heavy atom. The molecule has 0 aliphatic rings. The molecule has 4 nitrogen and oxygen atoms in total. The smallest absolute Gasteiger partial charge is 0.262 e. The molecular formula is C25H21ClN2O2S. The van der Waals surface area contributed by atoms with Gasteiger partial charge in [-0.25, -0.2) is 0 Å². The second-order valence-corrected chi connectivity index (χ2v) is 8.31. The predicted molar refractivity (Wildman–Crippen MR) is 128 cm³/mol. The topological polar surface area (TPSA) is 54.9 Å². The van der Waals surface area contributed by atoms with E-state index in [1.165, 1.54) is 4.57 Å². The van der Waals surface area contributed by atoms with Gasteiger partial charge in [-0.3, -0.25) is 14.2 Å². The van der Waals surface area contributed by atoms with E-state index in [4.69, 9.17) is 23.8 Å². The third kappa shape index (κ3) is 4.11. The van der Waals surface area contributed by atoms with Crippen molar-refractivity contribution in [1.82, 2.24) is 9.55 Å². The summed E-state index contributed by atoms with van der Waals surface area (Å²) in [6.07, 6.45) is 1.41. The number of carbonyl (C=O) groups excluding carboxylic acids is 1. The van der Waals surface area contributed by atoms with Gasteiger partial charge < -0.3 is 4.98 Å².